The van der Waals surface area contributed by atoms with Crippen molar-refractivity contribution < 1.29 is 0 Å². The first kappa shape index (κ1) is 6.85. The first-order chi connectivity index (χ1) is 5.31. The van der Waals surface area contributed by atoms with E-state index in [-0.39, 0.29) is 0 Å². The lowest BCUT2D eigenvalue weighted by Gasteiger charge is -1.96. The number of imidazole rings is 1. The first-order valence-electron chi connectivity index (χ1n) is 4.09. The lowest BCUT2D eigenvalue weighted by Crippen LogP contribution is -2.20. The molecule has 1 atom stereocenters. The quantitative estimate of drug-likeness (QED) is 0.628. The summed E-state index contributed by atoms with van der Waals surface area (Å²) in [6.07, 6.45) is 3.93. The van der Waals surface area contributed by atoms with Crippen molar-refractivity contribution in [3.63, 3.8) is 0 Å². The van der Waals surface area contributed by atoms with Crippen LogP contribution in [0.1, 0.15) is 18.3 Å². The van der Waals surface area contributed by atoms with Crippen LogP contribution in [0.5, 0.6) is 0 Å². The van der Waals surface area contributed by atoms with E-state index in [4.69, 9.17) is 5.73 Å². The Morgan fingerprint density at radius 1 is 1.82 bits per heavy atom. The van der Waals surface area contributed by atoms with Gasteiger partial charge < -0.3 is 10.3 Å². The minimum atomic E-state index is 0.318. The Morgan fingerprint density at radius 2 is 2.64 bits per heavy atom. The molecule has 0 radical (unpaired) electrons. The number of hydrogen-bond donors (Lipinski definition) is 1. The van der Waals surface area contributed by atoms with Gasteiger partial charge in [-0.05, 0) is 6.42 Å². The average molecular weight is 151 g/mol. The molecule has 2 N–H and O–H groups in total. The van der Waals surface area contributed by atoms with Crippen molar-refractivity contribution in [2.45, 2.75) is 32.4 Å². The Kier molecular flexibility index (Phi) is 1.46. The van der Waals surface area contributed by atoms with Crippen molar-refractivity contribution in [1.29, 1.82) is 0 Å². The first-order valence-corrected chi connectivity index (χ1v) is 4.09. The molecular weight excluding hydrogens is 138 g/mol. The van der Waals surface area contributed by atoms with E-state index >= 15 is 0 Å². The predicted octanol–water partition coefficient (Wildman–Crippen LogP) is 0.329. The second-order valence-corrected chi connectivity index (χ2v) is 3.11. The smallest absolute Gasteiger partial charge is 0.0952 e. The van der Waals surface area contributed by atoms with E-state index in [2.05, 4.69) is 16.5 Å². The predicted molar refractivity (Wildman–Crippen MR) is 43.3 cm³/mol. The standard InChI is InChI=1S/C8H13N3/c1-2-7-8-3-6(9)4-11(8)5-10-7/h5-6H,2-4,9H2,1H3. The van der Waals surface area contributed by atoms with Crippen molar-refractivity contribution in [3.8, 4) is 0 Å². The monoisotopic (exact) mass is 151 g/mol. The van der Waals surface area contributed by atoms with Crippen molar-refractivity contribution >= 4 is 0 Å². The number of aromatic nitrogens is 2. The van der Waals surface area contributed by atoms with Crippen molar-refractivity contribution in [3.05, 3.63) is 17.7 Å². The summed E-state index contributed by atoms with van der Waals surface area (Å²) in [7, 11) is 0. The molecule has 60 valence electrons. The minimum absolute atomic E-state index is 0.318. The third-order valence-corrected chi connectivity index (χ3v) is 2.25. The minimum Gasteiger partial charge on any atom is -0.333 e. The molecule has 2 rings (SSSR count). The Labute approximate surface area is 66.2 Å². The van der Waals surface area contributed by atoms with E-state index in [1.807, 2.05) is 6.33 Å². The van der Waals surface area contributed by atoms with Crippen molar-refractivity contribution in [2.75, 3.05) is 0 Å². The fourth-order valence-electron chi connectivity index (χ4n) is 1.70. The largest absolute Gasteiger partial charge is 0.333 e. The van der Waals surface area contributed by atoms with Gasteiger partial charge >= 0.3 is 0 Å². The Bertz CT molecular complexity index is 264. The topological polar surface area (TPSA) is 43.8 Å². The molecule has 0 spiro atoms. The molecule has 1 aliphatic rings. The molecular formula is C8H13N3. The molecule has 3 nitrogen and oxygen atoms in total. The molecule has 0 bridgehead atoms. The van der Waals surface area contributed by atoms with Crippen LogP contribution in [0.3, 0.4) is 0 Å². The summed E-state index contributed by atoms with van der Waals surface area (Å²) < 4.78 is 2.17. The highest BCUT2D eigenvalue weighted by Gasteiger charge is 2.20. The van der Waals surface area contributed by atoms with Crippen LogP contribution in [0.4, 0.5) is 0 Å². The third-order valence-electron chi connectivity index (χ3n) is 2.25. The molecule has 1 aromatic heterocycles. The molecule has 0 saturated heterocycles. The second kappa shape index (κ2) is 2.34. The van der Waals surface area contributed by atoms with Gasteiger partial charge in [0.05, 0.1) is 12.0 Å². The molecule has 3 heteroatoms. The van der Waals surface area contributed by atoms with Crippen molar-refractivity contribution in [2.24, 2.45) is 5.73 Å². The highest BCUT2D eigenvalue weighted by molar-refractivity contribution is 5.18. The molecule has 1 unspecified atom stereocenters. The lowest BCUT2D eigenvalue weighted by atomic mass is 10.2. The average Bonchev–Trinajstić information content (AvgIpc) is 2.45. The third kappa shape index (κ3) is 0.959. The molecule has 0 aliphatic carbocycles. The molecule has 1 aromatic rings. The molecule has 0 fully saturated rings. The van der Waals surface area contributed by atoms with Gasteiger partial charge in [-0.2, -0.15) is 0 Å². The van der Waals surface area contributed by atoms with Gasteiger partial charge in [0, 0.05) is 24.7 Å². The van der Waals surface area contributed by atoms with E-state index in [0.29, 0.717) is 6.04 Å². The number of fused-ring (bicyclic) bond motifs is 1. The van der Waals surface area contributed by atoms with Crippen LogP contribution in [0.25, 0.3) is 0 Å². The molecule has 0 saturated carbocycles. The van der Waals surface area contributed by atoms with Crippen LogP contribution in [0, 0.1) is 0 Å². The van der Waals surface area contributed by atoms with Gasteiger partial charge in [-0.1, -0.05) is 6.92 Å². The molecule has 1 aliphatic heterocycles. The van der Waals surface area contributed by atoms with Crippen LogP contribution >= 0.6 is 0 Å². The zero-order valence-corrected chi connectivity index (χ0v) is 6.75. The van der Waals surface area contributed by atoms with Gasteiger partial charge in [-0.3, -0.25) is 0 Å². The summed E-state index contributed by atoms with van der Waals surface area (Å²) in [5, 5.41) is 0. The fourth-order valence-corrected chi connectivity index (χ4v) is 1.70. The Morgan fingerprint density at radius 3 is 3.36 bits per heavy atom. The zero-order chi connectivity index (χ0) is 7.84. The van der Waals surface area contributed by atoms with Gasteiger partial charge in [0.1, 0.15) is 0 Å². The van der Waals surface area contributed by atoms with E-state index in [9.17, 15) is 0 Å². The van der Waals surface area contributed by atoms with Gasteiger partial charge in [0.15, 0.2) is 0 Å². The molecule has 0 aromatic carbocycles. The molecule has 2 heterocycles. The number of rotatable bonds is 1. The lowest BCUT2D eigenvalue weighted by molar-refractivity contribution is 0.635. The van der Waals surface area contributed by atoms with Gasteiger partial charge in [-0.15, -0.1) is 0 Å². The van der Waals surface area contributed by atoms with E-state index in [1.54, 1.807) is 0 Å². The fraction of sp³-hybridized carbons (Fsp3) is 0.625. The Hall–Kier alpha value is -0.830. The zero-order valence-electron chi connectivity index (χ0n) is 6.75. The van der Waals surface area contributed by atoms with Crippen LogP contribution in [0.15, 0.2) is 6.33 Å². The Balaban J connectivity index is 2.37. The van der Waals surface area contributed by atoms with E-state index in [1.165, 1.54) is 11.4 Å². The molecule has 11 heavy (non-hydrogen) atoms. The number of nitrogens with two attached hydrogens (primary N) is 1. The van der Waals surface area contributed by atoms with Crippen molar-refractivity contribution in [1.82, 2.24) is 9.55 Å². The maximum Gasteiger partial charge on any atom is 0.0952 e. The highest BCUT2D eigenvalue weighted by atomic mass is 15.1. The van der Waals surface area contributed by atoms with Crippen LogP contribution in [-0.2, 0) is 19.4 Å². The number of aryl methyl sites for hydroxylation is 1. The van der Waals surface area contributed by atoms with E-state index in [0.717, 1.165) is 19.4 Å². The summed E-state index contributed by atoms with van der Waals surface area (Å²) in [5.41, 5.74) is 8.37. The highest BCUT2D eigenvalue weighted by Crippen LogP contribution is 2.17. The summed E-state index contributed by atoms with van der Waals surface area (Å²) in [4.78, 5) is 4.30. The van der Waals surface area contributed by atoms with Gasteiger partial charge in [0.25, 0.3) is 0 Å². The summed E-state index contributed by atoms with van der Waals surface area (Å²) in [6, 6.07) is 0.318. The van der Waals surface area contributed by atoms with Gasteiger partial charge in [0.2, 0.25) is 0 Å². The maximum absolute atomic E-state index is 5.80. The maximum atomic E-state index is 5.80. The summed E-state index contributed by atoms with van der Waals surface area (Å²) in [6.45, 7) is 3.08. The van der Waals surface area contributed by atoms with Gasteiger partial charge in [-0.25, -0.2) is 4.98 Å². The van der Waals surface area contributed by atoms with E-state index < -0.39 is 0 Å². The number of nitrogens with zero attached hydrogens (tertiary/aromatic N) is 2. The normalized spacial score (nSPS) is 22.2. The SMILES string of the molecule is CCc1ncn2c1CC(N)C2. The summed E-state index contributed by atoms with van der Waals surface area (Å²) >= 11 is 0. The number of hydrogen-bond acceptors (Lipinski definition) is 2. The molecule has 0 amide bonds. The summed E-state index contributed by atoms with van der Waals surface area (Å²) in [5.74, 6) is 0. The van der Waals surface area contributed by atoms with Crippen LogP contribution in [-0.4, -0.2) is 15.6 Å². The van der Waals surface area contributed by atoms with Crippen LogP contribution < -0.4 is 5.73 Å². The van der Waals surface area contributed by atoms with Crippen LogP contribution in [0.2, 0.25) is 0 Å². The second-order valence-electron chi connectivity index (χ2n) is 3.11.